The highest BCUT2D eigenvalue weighted by molar-refractivity contribution is 8.01. The lowest BCUT2D eigenvalue weighted by atomic mass is 9.82. The van der Waals surface area contributed by atoms with Crippen LogP contribution in [0, 0.1) is 11.2 Å². The van der Waals surface area contributed by atoms with Crippen molar-refractivity contribution in [2.24, 2.45) is 0 Å². The van der Waals surface area contributed by atoms with Gasteiger partial charge in [-0.05, 0) is 23.6 Å². The van der Waals surface area contributed by atoms with Crippen LogP contribution < -0.4 is 0 Å². The molecule has 0 saturated carbocycles. The van der Waals surface area contributed by atoms with Gasteiger partial charge in [0.1, 0.15) is 22.3 Å². The molecule has 3 nitrogen and oxygen atoms in total. The Labute approximate surface area is 139 Å². The van der Waals surface area contributed by atoms with Gasteiger partial charge in [0.25, 0.3) is 0 Å². The Hall–Kier alpha value is -2.25. The first-order valence-electron chi connectivity index (χ1n) is 7.49. The maximum absolute atomic E-state index is 10.8. The molecule has 1 unspecified atom stereocenters. The summed E-state index contributed by atoms with van der Waals surface area (Å²) in [6.07, 6.45) is 2.47. The molecule has 2 aromatic rings. The quantitative estimate of drug-likeness (QED) is 0.646. The summed E-state index contributed by atoms with van der Waals surface area (Å²) in [4.78, 5) is 16.3. The molecule has 0 spiro atoms. The van der Waals surface area contributed by atoms with Gasteiger partial charge in [-0.3, -0.25) is 0 Å². The molecule has 116 valence electrons. The van der Waals surface area contributed by atoms with Gasteiger partial charge in [0.05, 0.1) is 5.56 Å². The molecule has 4 heteroatoms. The summed E-state index contributed by atoms with van der Waals surface area (Å²) < 4.78 is 0. The van der Waals surface area contributed by atoms with Crippen LogP contribution >= 0.6 is 0 Å². The van der Waals surface area contributed by atoms with Crippen molar-refractivity contribution < 1.29 is 9.90 Å². The number of carbonyl (C=O) groups is 1. The molecule has 0 fully saturated rings. The summed E-state index contributed by atoms with van der Waals surface area (Å²) in [5, 5.41) is 12.2. The van der Waals surface area contributed by atoms with Gasteiger partial charge in [0, 0.05) is 24.1 Å². The van der Waals surface area contributed by atoms with Crippen molar-refractivity contribution in [3.8, 4) is 11.2 Å². The SMILES string of the molecule is CC1(C)CC[S+](C#Cc2ccc(C(=O)O)cn2)c2ccccc21. The second-order valence-electron chi connectivity index (χ2n) is 6.19. The van der Waals surface area contributed by atoms with Crippen LogP contribution in [0.1, 0.15) is 41.9 Å². The standard InChI is InChI=1S/C19H17NO2S/c1-19(2)10-12-23(17-6-4-3-5-16(17)19)11-9-15-8-7-14(13-20-15)18(21)22/h3-8,13H,10,12H2,1-2H3/p+1. The average Bonchev–Trinajstić information content (AvgIpc) is 2.55. The van der Waals surface area contributed by atoms with Crippen LogP contribution in [0.5, 0.6) is 0 Å². The van der Waals surface area contributed by atoms with E-state index in [0.717, 1.165) is 12.2 Å². The van der Waals surface area contributed by atoms with Crippen LogP contribution in [0.3, 0.4) is 0 Å². The van der Waals surface area contributed by atoms with Crippen molar-refractivity contribution >= 4 is 16.9 Å². The third-order valence-electron chi connectivity index (χ3n) is 4.13. The molecule has 0 radical (unpaired) electrons. The fourth-order valence-corrected chi connectivity index (χ4v) is 4.88. The molecule has 23 heavy (non-hydrogen) atoms. The van der Waals surface area contributed by atoms with Crippen molar-refractivity contribution in [3.05, 3.63) is 59.4 Å². The Morgan fingerprint density at radius 2 is 2.04 bits per heavy atom. The smallest absolute Gasteiger partial charge is 0.337 e. The summed E-state index contributed by atoms with van der Waals surface area (Å²) in [6, 6.07) is 11.7. The zero-order chi connectivity index (χ0) is 16.4. The number of aromatic carboxylic acids is 1. The highest BCUT2D eigenvalue weighted by atomic mass is 32.2. The summed E-state index contributed by atoms with van der Waals surface area (Å²) in [6.45, 7) is 4.57. The number of hydrogen-bond donors (Lipinski definition) is 1. The van der Waals surface area contributed by atoms with Gasteiger partial charge >= 0.3 is 5.97 Å². The van der Waals surface area contributed by atoms with Crippen LogP contribution in [0.25, 0.3) is 0 Å². The summed E-state index contributed by atoms with van der Waals surface area (Å²) in [7, 11) is -0.0983. The van der Waals surface area contributed by atoms with E-state index in [1.165, 1.54) is 16.7 Å². The number of rotatable bonds is 1. The second kappa shape index (κ2) is 6.10. The van der Waals surface area contributed by atoms with Crippen LogP contribution in [-0.4, -0.2) is 21.8 Å². The maximum atomic E-state index is 10.8. The number of carboxylic acids is 1. The normalized spacial score (nSPS) is 18.4. The van der Waals surface area contributed by atoms with Crippen LogP contribution in [-0.2, 0) is 16.3 Å². The van der Waals surface area contributed by atoms with Gasteiger partial charge in [0.15, 0.2) is 10.1 Å². The number of fused-ring (bicyclic) bond motifs is 1. The molecule has 0 bridgehead atoms. The first-order valence-corrected chi connectivity index (χ1v) is 8.88. The molecule has 2 heterocycles. The Kier molecular flexibility index (Phi) is 4.14. The minimum atomic E-state index is -0.970. The van der Waals surface area contributed by atoms with Crippen molar-refractivity contribution in [2.45, 2.75) is 30.6 Å². The van der Waals surface area contributed by atoms with Gasteiger partial charge < -0.3 is 5.11 Å². The van der Waals surface area contributed by atoms with Crippen LogP contribution in [0.2, 0.25) is 0 Å². The third-order valence-corrected chi connectivity index (χ3v) is 5.97. The number of carboxylic acid groups (broad SMARTS) is 1. The van der Waals surface area contributed by atoms with E-state index in [2.05, 4.69) is 54.3 Å². The number of benzene rings is 1. The summed E-state index contributed by atoms with van der Waals surface area (Å²) >= 11 is 0. The summed E-state index contributed by atoms with van der Waals surface area (Å²) in [5.74, 6) is 3.20. The van der Waals surface area contributed by atoms with Crippen LogP contribution in [0.15, 0.2) is 47.5 Å². The van der Waals surface area contributed by atoms with Crippen LogP contribution in [0.4, 0.5) is 0 Å². The lowest BCUT2D eigenvalue weighted by molar-refractivity contribution is 0.0696. The molecule has 1 aromatic carbocycles. The van der Waals surface area contributed by atoms with E-state index >= 15 is 0 Å². The Morgan fingerprint density at radius 1 is 1.26 bits per heavy atom. The Bertz CT molecular complexity index is 800. The molecule has 3 rings (SSSR count). The molecule has 1 atom stereocenters. The zero-order valence-electron chi connectivity index (χ0n) is 13.2. The molecule has 1 aromatic heterocycles. The average molecular weight is 324 g/mol. The van der Waals surface area contributed by atoms with Crippen molar-refractivity contribution in [3.63, 3.8) is 0 Å². The highest BCUT2D eigenvalue weighted by Gasteiger charge is 2.38. The van der Waals surface area contributed by atoms with E-state index in [-0.39, 0.29) is 21.9 Å². The van der Waals surface area contributed by atoms with Gasteiger partial charge in [-0.1, -0.05) is 32.0 Å². The third kappa shape index (κ3) is 3.25. The summed E-state index contributed by atoms with van der Waals surface area (Å²) in [5.41, 5.74) is 2.38. The molecule has 1 N–H and O–H groups in total. The fraction of sp³-hybridized carbons (Fsp3) is 0.263. The highest BCUT2D eigenvalue weighted by Crippen LogP contribution is 2.38. The van der Waals surface area contributed by atoms with E-state index in [1.807, 2.05) is 0 Å². The first kappa shape index (κ1) is 15.6. The second-order valence-corrected chi connectivity index (χ2v) is 8.02. The predicted molar refractivity (Wildman–Crippen MR) is 92.7 cm³/mol. The number of nitrogens with zero attached hydrogens (tertiary/aromatic N) is 1. The van der Waals surface area contributed by atoms with E-state index in [9.17, 15) is 4.79 Å². The Balaban J connectivity index is 1.88. The minimum absolute atomic E-state index is 0.0983. The molecule has 0 aliphatic carbocycles. The van der Waals surface area contributed by atoms with E-state index in [4.69, 9.17) is 5.11 Å². The maximum Gasteiger partial charge on any atom is 0.337 e. The number of aromatic nitrogens is 1. The van der Waals surface area contributed by atoms with Crippen molar-refractivity contribution in [1.82, 2.24) is 4.98 Å². The molecular weight excluding hydrogens is 306 g/mol. The van der Waals surface area contributed by atoms with Gasteiger partial charge in [-0.2, -0.15) is 0 Å². The molecule has 0 saturated heterocycles. The van der Waals surface area contributed by atoms with Gasteiger partial charge in [-0.15, -0.1) is 0 Å². The monoisotopic (exact) mass is 324 g/mol. The number of hydrogen-bond acceptors (Lipinski definition) is 2. The molecule has 1 aliphatic heterocycles. The predicted octanol–water partition coefficient (Wildman–Crippen LogP) is 3.45. The van der Waals surface area contributed by atoms with E-state index < -0.39 is 5.97 Å². The molecule has 1 aliphatic rings. The first-order chi connectivity index (χ1) is 11.0. The van der Waals surface area contributed by atoms with Gasteiger partial charge in [0.2, 0.25) is 0 Å². The topological polar surface area (TPSA) is 50.2 Å². The van der Waals surface area contributed by atoms with Crippen molar-refractivity contribution in [2.75, 3.05) is 5.75 Å². The Morgan fingerprint density at radius 3 is 2.74 bits per heavy atom. The zero-order valence-corrected chi connectivity index (χ0v) is 14.0. The fourth-order valence-electron chi connectivity index (χ4n) is 2.66. The molecular formula is C19H18NO2S+. The lowest BCUT2D eigenvalue weighted by Crippen LogP contribution is -2.29. The number of pyridine rings is 1. The largest absolute Gasteiger partial charge is 0.478 e. The van der Waals surface area contributed by atoms with E-state index in [0.29, 0.717) is 5.69 Å². The van der Waals surface area contributed by atoms with Crippen molar-refractivity contribution in [1.29, 1.82) is 0 Å². The lowest BCUT2D eigenvalue weighted by Gasteiger charge is -2.29. The minimum Gasteiger partial charge on any atom is -0.478 e. The van der Waals surface area contributed by atoms with Gasteiger partial charge in [-0.25, -0.2) is 9.78 Å². The van der Waals surface area contributed by atoms with E-state index in [1.54, 1.807) is 12.1 Å². The molecule has 0 amide bonds.